The van der Waals surface area contributed by atoms with Gasteiger partial charge in [0.15, 0.2) is 5.82 Å². The molecule has 12 heteroatoms. The minimum absolute atomic E-state index is 0.126. The molecular formula is C21H19Cl3N6O2S. The van der Waals surface area contributed by atoms with Crippen LogP contribution in [0.25, 0.3) is 0 Å². The van der Waals surface area contributed by atoms with Crippen LogP contribution in [0, 0.1) is 0 Å². The fourth-order valence-corrected chi connectivity index (χ4v) is 5.20. The monoisotopic (exact) mass is 524 g/mol. The molecule has 0 radical (unpaired) electrons. The zero-order valence-corrected chi connectivity index (χ0v) is 20.7. The largest absolute Gasteiger partial charge is 0.355 e. The van der Waals surface area contributed by atoms with Crippen LogP contribution in [0.3, 0.4) is 0 Å². The molecule has 3 heterocycles. The molecule has 8 nitrogen and oxygen atoms in total. The van der Waals surface area contributed by atoms with Gasteiger partial charge < -0.3 is 20.9 Å². The first-order chi connectivity index (χ1) is 15.8. The van der Waals surface area contributed by atoms with E-state index in [9.17, 15) is 9.59 Å². The highest BCUT2D eigenvalue weighted by Crippen LogP contribution is 2.42. The highest BCUT2D eigenvalue weighted by Gasteiger charge is 2.23. The third kappa shape index (κ3) is 5.01. The Bertz CT molecular complexity index is 1250. The van der Waals surface area contributed by atoms with Gasteiger partial charge in [-0.3, -0.25) is 9.59 Å². The molecule has 33 heavy (non-hydrogen) atoms. The number of fused-ring (bicyclic) bond motifs is 1. The highest BCUT2D eigenvalue weighted by atomic mass is 35.5. The zero-order chi connectivity index (χ0) is 23.7. The average Bonchev–Trinajstić information content (AvgIpc) is 2.98. The molecule has 2 aromatic heterocycles. The molecule has 1 aromatic carbocycles. The molecule has 3 N–H and O–H groups in total. The van der Waals surface area contributed by atoms with Gasteiger partial charge in [0.05, 0.1) is 17.4 Å². The Balaban J connectivity index is 1.60. The summed E-state index contributed by atoms with van der Waals surface area (Å²) in [5, 5.41) is 8.95. The predicted molar refractivity (Wildman–Crippen MR) is 133 cm³/mol. The van der Waals surface area contributed by atoms with Crippen molar-refractivity contribution in [2.75, 3.05) is 24.7 Å². The SMILES string of the molecule is CNC(=O)c1c(Cl)sc(Cl)c1Nc1nc(Nc2ccc3c(c2)CN(C)C(=O)CC3)ncc1Cl. The number of aryl methyl sites for hydroxylation is 1. The quantitative estimate of drug-likeness (QED) is 0.421. The third-order valence-electron chi connectivity index (χ3n) is 5.17. The van der Waals surface area contributed by atoms with E-state index in [1.165, 1.54) is 13.2 Å². The standard InChI is InChI=1S/C21H19Cl3N6O2S/c1-25-20(32)15-16(18(24)33-17(15)23)28-19-13(22)8-26-21(29-19)27-12-5-3-10-4-6-14(31)30(2)9-11(10)7-12/h3,5,7-8H,4,6,9H2,1-2H3,(H,25,32)(H2,26,27,28,29). The maximum Gasteiger partial charge on any atom is 0.255 e. The van der Waals surface area contributed by atoms with Crippen molar-refractivity contribution in [3.05, 3.63) is 54.8 Å². The number of nitrogens with one attached hydrogen (secondary N) is 3. The summed E-state index contributed by atoms with van der Waals surface area (Å²) in [6.07, 6.45) is 2.65. The van der Waals surface area contributed by atoms with E-state index < -0.39 is 0 Å². The Morgan fingerprint density at radius 2 is 1.91 bits per heavy atom. The number of rotatable bonds is 5. The van der Waals surface area contributed by atoms with Crippen LogP contribution in [0.15, 0.2) is 24.4 Å². The molecule has 4 rings (SSSR count). The van der Waals surface area contributed by atoms with Crippen LogP contribution in [-0.4, -0.2) is 40.8 Å². The van der Waals surface area contributed by atoms with Crippen molar-refractivity contribution in [1.29, 1.82) is 0 Å². The van der Waals surface area contributed by atoms with Crippen LogP contribution in [0.2, 0.25) is 13.7 Å². The maximum absolute atomic E-state index is 12.2. The Labute approximate surface area is 209 Å². The van der Waals surface area contributed by atoms with Gasteiger partial charge in [-0.05, 0) is 29.7 Å². The van der Waals surface area contributed by atoms with Crippen LogP contribution in [0.1, 0.15) is 27.9 Å². The van der Waals surface area contributed by atoms with Gasteiger partial charge in [-0.15, -0.1) is 11.3 Å². The fraction of sp³-hybridized carbons (Fsp3) is 0.238. The van der Waals surface area contributed by atoms with Crippen LogP contribution in [0.4, 0.5) is 23.1 Å². The zero-order valence-electron chi connectivity index (χ0n) is 17.6. The van der Waals surface area contributed by atoms with E-state index in [0.29, 0.717) is 35.4 Å². The van der Waals surface area contributed by atoms with E-state index in [4.69, 9.17) is 34.8 Å². The summed E-state index contributed by atoms with van der Waals surface area (Å²) in [6.45, 7) is 0.539. The van der Waals surface area contributed by atoms with E-state index >= 15 is 0 Å². The van der Waals surface area contributed by atoms with E-state index in [0.717, 1.165) is 28.2 Å². The number of aromatic nitrogens is 2. The van der Waals surface area contributed by atoms with Gasteiger partial charge in [0.2, 0.25) is 11.9 Å². The Kier molecular flexibility index (Phi) is 6.94. The van der Waals surface area contributed by atoms with Crippen molar-refractivity contribution in [2.24, 2.45) is 0 Å². The number of halogens is 3. The molecule has 1 aliphatic rings. The normalized spacial score (nSPS) is 13.4. The summed E-state index contributed by atoms with van der Waals surface area (Å²) in [6, 6.07) is 5.90. The van der Waals surface area contributed by atoms with E-state index in [2.05, 4.69) is 25.9 Å². The number of thiophene rings is 1. The van der Waals surface area contributed by atoms with Gasteiger partial charge in [0, 0.05) is 32.7 Å². The van der Waals surface area contributed by atoms with Gasteiger partial charge in [-0.2, -0.15) is 4.98 Å². The average molecular weight is 526 g/mol. The van der Waals surface area contributed by atoms with Crippen LogP contribution < -0.4 is 16.0 Å². The molecule has 0 aliphatic carbocycles. The first-order valence-corrected chi connectivity index (χ1v) is 11.8. The molecule has 0 spiro atoms. The number of benzene rings is 1. The van der Waals surface area contributed by atoms with Gasteiger partial charge in [0.25, 0.3) is 5.91 Å². The lowest BCUT2D eigenvalue weighted by molar-refractivity contribution is -0.130. The van der Waals surface area contributed by atoms with Crippen molar-refractivity contribution >= 4 is 81.1 Å². The summed E-state index contributed by atoms with van der Waals surface area (Å²) in [4.78, 5) is 34.7. The maximum atomic E-state index is 12.2. The molecule has 0 unspecified atom stereocenters. The van der Waals surface area contributed by atoms with Gasteiger partial charge in [-0.1, -0.05) is 40.9 Å². The van der Waals surface area contributed by atoms with Crippen molar-refractivity contribution in [1.82, 2.24) is 20.2 Å². The molecular weight excluding hydrogens is 507 g/mol. The molecule has 0 bridgehead atoms. The molecule has 0 fully saturated rings. The van der Waals surface area contributed by atoms with E-state index in [-0.39, 0.29) is 32.6 Å². The lowest BCUT2D eigenvalue weighted by Crippen LogP contribution is -2.24. The van der Waals surface area contributed by atoms with Crippen molar-refractivity contribution in [2.45, 2.75) is 19.4 Å². The van der Waals surface area contributed by atoms with E-state index in [1.54, 1.807) is 11.9 Å². The second kappa shape index (κ2) is 9.72. The highest BCUT2D eigenvalue weighted by molar-refractivity contribution is 7.21. The van der Waals surface area contributed by atoms with Crippen LogP contribution in [-0.2, 0) is 17.8 Å². The van der Waals surface area contributed by atoms with Crippen molar-refractivity contribution in [3.8, 4) is 0 Å². The van der Waals surface area contributed by atoms with Gasteiger partial charge in [0.1, 0.15) is 13.7 Å². The lowest BCUT2D eigenvalue weighted by atomic mass is 10.0. The molecule has 0 atom stereocenters. The van der Waals surface area contributed by atoms with Crippen LogP contribution >= 0.6 is 46.1 Å². The summed E-state index contributed by atoms with van der Waals surface area (Å²) >= 11 is 19.8. The lowest BCUT2D eigenvalue weighted by Gasteiger charge is -2.15. The fourth-order valence-electron chi connectivity index (χ4n) is 3.45. The minimum Gasteiger partial charge on any atom is -0.355 e. The Morgan fingerprint density at radius 1 is 1.12 bits per heavy atom. The summed E-state index contributed by atoms with van der Waals surface area (Å²) < 4.78 is 0.547. The smallest absolute Gasteiger partial charge is 0.255 e. The molecule has 0 saturated carbocycles. The Hall–Kier alpha value is -2.59. The number of carbonyl (C=O) groups excluding carboxylic acids is 2. The number of amides is 2. The molecule has 2 amide bonds. The summed E-state index contributed by atoms with van der Waals surface area (Å²) in [5.74, 6) is 0.290. The first-order valence-electron chi connectivity index (χ1n) is 9.89. The first kappa shape index (κ1) is 23.6. The molecule has 1 aliphatic heterocycles. The van der Waals surface area contributed by atoms with Crippen molar-refractivity contribution in [3.63, 3.8) is 0 Å². The van der Waals surface area contributed by atoms with Crippen molar-refractivity contribution < 1.29 is 9.59 Å². The van der Waals surface area contributed by atoms with E-state index in [1.807, 2.05) is 18.2 Å². The minimum atomic E-state index is -0.386. The van der Waals surface area contributed by atoms with Crippen LogP contribution in [0.5, 0.6) is 0 Å². The molecule has 172 valence electrons. The summed E-state index contributed by atoms with van der Waals surface area (Å²) in [5.41, 5.74) is 3.50. The predicted octanol–water partition coefficient (Wildman–Crippen LogP) is 5.25. The number of hydrogen-bond donors (Lipinski definition) is 3. The topological polar surface area (TPSA) is 99.2 Å². The van der Waals surface area contributed by atoms with Gasteiger partial charge in [-0.25, -0.2) is 4.98 Å². The number of anilines is 4. The summed E-state index contributed by atoms with van der Waals surface area (Å²) in [7, 11) is 3.30. The number of nitrogens with zero attached hydrogens (tertiary/aromatic N) is 3. The van der Waals surface area contributed by atoms with Gasteiger partial charge >= 0.3 is 0 Å². The number of carbonyl (C=O) groups is 2. The second-order valence-electron chi connectivity index (χ2n) is 7.35. The number of hydrogen-bond acceptors (Lipinski definition) is 7. The molecule has 0 saturated heterocycles. The Morgan fingerprint density at radius 3 is 2.67 bits per heavy atom. The third-order valence-corrected chi connectivity index (χ3v) is 7.05. The second-order valence-corrected chi connectivity index (χ2v) is 9.98. The molecule has 3 aromatic rings.